The molecular weight excluding hydrogens is 370 g/mol. The lowest BCUT2D eigenvalue weighted by atomic mass is 9.87. The second-order valence-electron chi connectivity index (χ2n) is 9.52. The van der Waals surface area contributed by atoms with Crippen molar-refractivity contribution in [3.63, 3.8) is 0 Å². The highest BCUT2D eigenvalue weighted by molar-refractivity contribution is 5.80. The van der Waals surface area contributed by atoms with E-state index < -0.39 is 5.60 Å². The molecule has 3 aliphatic rings. The van der Waals surface area contributed by atoms with Gasteiger partial charge < -0.3 is 24.6 Å². The first-order valence-corrected chi connectivity index (χ1v) is 11.1. The van der Waals surface area contributed by atoms with Crippen LogP contribution in [0.1, 0.15) is 40.5 Å². The van der Waals surface area contributed by atoms with E-state index in [1.54, 1.807) is 0 Å². The molecule has 3 heterocycles. The molecule has 0 saturated carbocycles. The highest BCUT2D eigenvalue weighted by Crippen LogP contribution is 2.38. The summed E-state index contributed by atoms with van der Waals surface area (Å²) in [4.78, 5) is 23.7. The number of guanidine groups is 1. The lowest BCUT2D eigenvalue weighted by Gasteiger charge is -2.35. The molecule has 3 fully saturated rings. The molecule has 0 bridgehead atoms. The summed E-state index contributed by atoms with van der Waals surface area (Å²) in [7, 11) is 0. The Labute approximate surface area is 175 Å². The van der Waals surface area contributed by atoms with Gasteiger partial charge in [0.15, 0.2) is 5.96 Å². The van der Waals surface area contributed by atoms with Crippen LogP contribution in [0.5, 0.6) is 0 Å². The molecule has 3 saturated heterocycles. The number of carbonyl (C=O) groups excluding carboxylic acids is 1. The van der Waals surface area contributed by atoms with Gasteiger partial charge in [-0.15, -0.1) is 0 Å². The highest BCUT2D eigenvalue weighted by Gasteiger charge is 2.42. The minimum Gasteiger partial charge on any atom is -0.444 e. The number of piperazine rings is 1. The Morgan fingerprint density at radius 1 is 1.14 bits per heavy atom. The van der Waals surface area contributed by atoms with Crippen LogP contribution >= 0.6 is 0 Å². The maximum Gasteiger partial charge on any atom is 0.410 e. The van der Waals surface area contributed by atoms with Gasteiger partial charge in [-0.1, -0.05) is 0 Å². The number of ether oxygens (including phenoxy) is 2. The Hall–Kier alpha value is -1.54. The van der Waals surface area contributed by atoms with Crippen LogP contribution < -0.4 is 5.32 Å². The topological polar surface area (TPSA) is 69.6 Å². The van der Waals surface area contributed by atoms with E-state index in [2.05, 4.69) is 22.0 Å². The predicted octanol–water partition coefficient (Wildman–Crippen LogP) is 1.62. The monoisotopic (exact) mass is 409 g/mol. The fraction of sp³-hybridized carbons (Fsp3) is 0.905. The molecule has 3 rings (SSSR count). The molecule has 29 heavy (non-hydrogen) atoms. The molecule has 0 aliphatic carbocycles. The minimum absolute atomic E-state index is 0.205. The van der Waals surface area contributed by atoms with Gasteiger partial charge in [-0.2, -0.15) is 0 Å². The Bertz CT molecular complexity index is 575. The summed E-state index contributed by atoms with van der Waals surface area (Å²) in [6.45, 7) is 17.5. The van der Waals surface area contributed by atoms with E-state index in [9.17, 15) is 4.79 Å². The van der Waals surface area contributed by atoms with Crippen molar-refractivity contribution in [3.8, 4) is 0 Å². The summed E-state index contributed by atoms with van der Waals surface area (Å²) in [5.41, 5.74) is -0.0986. The zero-order valence-corrected chi connectivity index (χ0v) is 18.7. The molecular formula is C21H39N5O3. The molecule has 0 radical (unpaired) electrons. The Morgan fingerprint density at radius 3 is 2.52 bits per heavy atom. The van der Waals surface area contributed by atoms with E-state index in [1.165, 1.54) is 12.8 Å². The Balaban J connectivity index is 1.43. The number of hydrogen-bond donors (Lipinski definition) is 1. The first kappa shape index (κ1) is 22.2. The normalized spacial score (nSPS) is 26.4. The molecule has 0 aromatic heterocycles. The van der Waals surface area contributed by atoms with Crippen molar-refractivity contribution in [1.29, 1.82) is 0 Å². The largest absolute Gasteiger partial charge is 0.444 e. The van der Waals surface area contributed by atoms with Crippen LogP contribution in [0.15, 0.2) is 4.99 Å². The molecule has 0 aromatic carbocycles. The van der Waals surface area contributed by atoms with Crippen LogP contribution in [0.4, 0.5) is 4.79 Å². The third-order valence-electron chi connectivity index (χ3n) is 5.96. The van der Waals surface area contributed by atoms with Crippen molar-refractivity contribution >= 4 is 12.1 Å². The van der Waals surface area contributed by atoms with Crippen LogP contribution in [0, 0.1) is 5.41 Å². The van der Waals surface area contributed by atoms with Gasteiger partial charge in [0, 0.05) is 64.4 Å². The number of nitrogens with one attached hydrogen (secondary N) is 1. The van der Waals surface area contributed by atoms with Crippen LogP contribution in [0.2, 0.25) is 0 Å². The summed E-state index contributed by atoms with van der Waals surface area (Å²) >= 11 is 0. The average molecular weight is 410 g/mol. The minimum atomic E-state index is -0.440. The summed E-state index contributed by atoms with van der Waals surface area (Å²) in [5, 5.41) is 3.46. The number of nitrogens with zero attached hydrogens (tertiary/aromatic N) is 4. The van der Waals surface area contributed by atoms with Crippen molar-refractivity contribution in [2.45, 2.75) is 46.1 Å². The molecule has 1 amide bonds. The quantitative estimate of drug-likeness (QED) is 0.562. The third kappa shape index (κ3) is 6.22. The van der Waals surface area contributed by atoms with E-state index in [0.717, 1.165) is 65.0 Å². The molecule has 166 valence electrons. The first-order valence-electron chi connectivity index (χ1n) is 11.1. The van der Waals surface area contributed by atoms with E-state index in [-0.39, 0.29) is 6.09 Å². The van der Waals surface area contributed by atoms with Crippen molar-refractivity contribution in [3.05, 3.63) is 0 Å². The van der Waals surface area contributed by atoms with E-state index in [1.807, 2.05) is 25.7 Å². The standard InChI is InChI=1S/C21H39N5O3/c1-5-22-18(26-9-6-21(16-26)7-15-28-17-21)23-8-10-24-11-13-25(14-12-24)19(27)29-20(2,3)4/h5-17H2,1-4H3,(H,22,23). The number of rotatable bonds is 4. The second-order valence-corrected chi connectivity index (χ2v) is 9.52. The molecule has 3 aliphatic heterocycles. The zero-order chi connectivity index (χ0) is 20.9. The van der Waals surface area contributed by atoms with E-state index in [0.29, 0.717) is 18.5 Å². The maximum atomic E-state index is 12.2. The van der Waals surface area contributed by atoms with Gasteiger partial charge in [0.05, 0.1) is 13.2 Å². The number of likely N-dealkylation sites (tertiary alicyclic amines) is 1. The Kier molecular flexibility index (Phi) is 7.27. The first-order chi connectivity index (χ1) is 13.8. The fourth-order valence-corrected chi connectivity index (χ4v) is 4.29. The Morgan fingerprint density at radius 2 is 1.90 bits per heavy atom. The number of hydrogen-bond acceptors (Lipinski definition) is 5. The van der Waals surface area contributed by atoms with Crippen molar-refractivity contribution in [2.75, 3.05) is 72.1 Å². The van der Waals surface area contributed by atoms with Crippen molar-refractivity contribution < 1.29 is 14.3 Å². The van der Waals surface area contributed by atoms with Crippen molar-refractivity contribution in [2.24, 2.45) is 10.4 Å². The van der Waals surface area contributed by atoms with Gasteiger partial charge in [0.2, 0.25) is 0 Å². The summed E-state index contributed by atoms with van der Waals surface area (Å²) in [6, 6.07) is 0. The fourth-order valence-electron chi connectivity index (χ4n) is 4.29. The van der Waals surface area contributed by atoms with Crippen LogP contribution in [0.3, 0.4) is 0 Å². The number of carbonyl (C=O) groups is 1. The molecule has 1 N–H and O–H groups in total. The van der Waals surface area contributed by atoms with Gasteiger partial charge >= 0.3 is 6.09 Å². The second kappa shape index (κ2) is 9.51. The van der Waals surface area contributed by atoms with E-state index in [4.69, 9.17) is 14.5 Å². The van der Waals surface area contributed by atoms with Gasteiger partial charge in [0.1, 0.15) is 5.60 Å². The lowest BCUT2D eigenvalue weighted by Crippen LogP contribution is -2.50. The predicted molar refractivity (Wildman–Crippen MR) is 114 cm³/mol. The number of amides is 1. The zero-order valence-electron chi connectivity index (χ0n) is 18.7. The molecule has 1 unspecified atom stereocenters. The van der Waals surface area contributed by atoms with Gasteiger partial charge in [-0.3, -0.25) is 9.89 Å². The summed E-state index contributed by atoms with van der Waals surface area (Å²) in [5.74, 6) is 1.03. The summed E-state index contributed by atoms with van der Waals surface area (Å²) < 4.78 is 11.1. The molecule has 1 spiro atoms. The van der Waals surface area contributed by atoms with Gasteiger partial charge in [-0.25, -0.2) is 4.79 Å². The molecule has 1 atom stereocenters. The third-order valence-corrected chi connectivity index (χ3v) is 5.96. The smallest absolute Gasteiger partial charge is 0.410 e. The lowest BCUT2D eigenvalue weighted by molar-refractivity contribution is 0.0148. The van der Waals surface area contributed by atoms with Crippen LogP contribution in [0.25, 0.3) is 0 Å². The van der Waals surface area contributed by atoms with Crippen LogP contribution in [-0.4, -0.2) is 104 Å². The highest BCUT2D eigenvalue weighted by atomic mass is 16.6. The summed E-state index contributed by atoms with van der Waals surface area (Å²) in [6.07, 6.45) is 2.16. The SMILES string of the molecule is CCNC(=NCCN1CCN(C(=O)OC(C)(C)C)CC1)N1CCC2(CCOC2)C1. The molecule has 8 nitrogen and oxygen atoms in total. The van der Waals surface area contributed by atoms with Gasteiger partial charge in [0.25, 0.3) is 0 Å². The number of aliphatic imine (C=N–C) groups is 1. The maximum absolute atomic E-state index is 12.2. The van der Waals surface area contributed by atoms with E-state index >= 15 is 0 Å². The van der Waals surface area contributed by atoms with Gasteiger partial charge in [-0.05, 0) is 40.5 Å². The van der Waals surface area contributed by atoms with Crippen LogP contribution in [-0.2, 0) is 9.47 Å². The van der Waals surface area contributed by atoms with Crippen molar-refractivity contribution in [1.82, 2.24) is 20.0 Å². The molecule has 0 aromatic rings. The molecule has 8 heteroatoms. The average Bonchev–Trinajstić information content (AvgIpc) is 3.30.